The number of thiocarbonyl (C=S) groups is 2. The van der Waals surface area contributed by atoms with Crippen LogP contribution >= 0.6 is 24.4 Å². The van der Waals surface area contributed by atoms with Gasteiger partial charge in [-0.05, 0) is 54.3 Å². The minimum Gasteiger partial charge on any atom is -0.357 e. The predicted molar refractivity (Wildman–Crippen MR) is 94.7 cm³/mol. The normalized spacial score (nSPS) is 9.83. The monoisotopic (exact) mass is 352 g/mol. The van der Waals surface area contributed by atoms with Gasteiger partial charge in [0.15, 0.2) is 10.2 Å². The summed E-state index contributed by atoms with van der Waals surface area (Å²) in [5.41, 5.74) is 6.46. The molecule has 0 amide bonds. The fourth-order valence-corrected chi connectivity index (χ4v) is 1.94. The summed E-state index contributed by atoms with van der Waals surface area (Å²) in [4.78, 5) is 0. The molecule has 0 aliphatic rings. The lowest BCUT2D eigenvalue weighted by molar-refractivity contribution is 0.626. The highest BCUT2D eigenvalue weighted by molar-refractivity contribution is 7.80. The highest BCUT2D eigenvalue weighted by Crippen LogP contribution is 2.11. The minimum absolute atomic E-state index is 0.168. The highest BCUT2D eigenvalue weighted by Gasteiger charge is 2.03. The molecule has 0 spiro atoms. The van der Waals surface area contributed by atoms with Crippen LogP contribution in [0.15, 0.2) is 48.5 Å². The molecule has 4 N–H and O–H groups in total. The van der Waals surface area contributed by atoms with E-state index < -0.39 is 5.82 Å². The van der Waals surface area contributed by atoms with E-state index in [1.807, 2.05) is 0 Å². The maximum absolute atomic E-state index is 13.5. The summed E-state index contributed by atoms with van der Waals surface area (Å²) >= 11 is 10.1. The topological polar surface area (TPSA) is 48.1 Å². The molecule has 120 valence electrons. The first-order chi connectivity index (χ1) is 11.0. The van der Waals surface area contributed by atoms with Gasteiger partial charge in [0, 0.05) is 6.54 Å². The summed E-state index contributed by atoms with van der Waals surface area (Å²) in [5, 5.41) is 6.09. The summed E-state index contributed by atoms with van der Waals surface area (Å²) in [6.07, 6.45) is 0. The van der Waals surface area contributed by atoms with E-state index in [1.165, 1.54) is 18.2 Å². The quantitative estimate of drug-likeness (QED) is 0.503. The van der Waals surface area contributed by atoms with Crippen molar-refractivity contribution in [3.63, 3.8) is 0 Å². The van der Waals surface area contributed by atoms with Crippen LogP contribution < -0.4 is 21.5 Å². The zero-order chi connectivity index (χ0) is 16.7. The first kappa shape index (κ1) is 17.0. The Balaban J connectivity index is 1.72. The summed E-state index contributed by atoms with van der Waals surface area (Å²) in [6.45, 7) is 0.432. The van der Waals surface area contributed by atoms with Crippen LogP contribution in [0.3, 0.4) is 0 Å². The van der Waals surface area contributed by atoms with Crippen LogP contribution in [0.4, 0.5) is 14.5 Å². The maximum Gasteiger partial charge on any atom is 0.189 e. The van der Waals surface area contributed by atoms with E-state index in [0.717, 1.165) is 5.56 Å². The molecule has 8 heteroatoms. The molecule has 0 aliphatic heterocycles. The van der Waals surface area contributed by atoms with Crippen LogP contribution in [0.2, 0.25) is 0 Å². The van der Waals surface area contributed by atoms with E-state index >= 15 is 0 Å². The van der Waals surface area contributed by atoms with E-state index in [4.69, 9.17) is 24.4 Å². The standard InChI is InChI=1S/C15H14F2N4S2/c16-11-7-5-10(6-8-11)9-18-14(22)20-21-15(23)19-13-4-2-1-3-12(13)17/h1-8H,9H2,(H2,18,20,22)(H2,19,21,23). The Morgan fingerprint density at radius 3 is 2.22 bits per heavy atom. The van der Waals surface area contributed by atoms with Gasteiger partial charge < -0.3 is 10.6 Å². The third-order valence-electron chi connectivity index (χ3n) is 2.78. The molecule has 0 radical (unpaired) electrons. The number of halogens is 2. The van der Waals surface area contributed by atoms with Gasteiger partial charge in [-0.1, -0.05) is 24.3 Å². The average molecular weight is 352 g/mol. The molecule has 2 rings (SSSR count). The van der Waals surface area contributed by atoms with Crippen LogP contribution in [0.25, 0.3) is 0 Å². The average Bonchev–Trinajstić information content (AvgIpc) is 2.54. The Kier molecular flexibility index (Phi) is 6.19. The van der Waals surface area contributed by atoms with Crippen molar-refractivity contribution in [2.75, 3.05) is 5.32 Å². The van der Waals surface area contributed by atoms with Gasteiger partial charge in [-0.15, -0.1) is 0 Å². The molecule has 0 fully saturated rings. The molecule has 0 unspecified atom stereocenters. The summed E-state index contributed by atoms with van der Waals surface area (Å²) in [5.74, 6) is -0.700. The molecule has 0 bridgehead atoms. The fourth-order valence-electron chi connectivity index (χ4n) is 1.66. The van der Waals surface area contributed by atoms with Gasteiger partial charge in [0.25, 0.3) is 0 Å². The van der Waals surface area contributed by atoms with E-state index in [0.29, 0.717) is 11.7 Å². The van der Waals surface area contributed by atoms with E-state index in [2.05, 4.69) is 21.5 Å². The number of hydrogen-bond acceptors (Lipinski definition) is 2. The van der Waals surface area contributed by atoms with Crippen molar-refractivity contribution in [2.24, 2.45) is 0 Å². The molecular formula is C15H14F2N4S2. The first-order valence-corrected chi connectivity index (χ1v) is 7.46. The van der Waals surface area contributed by atoms with E-state index in [9.17, 15) is 8.78 Å². The van der Waals surface area contributed by atoms with Crippen LogP contribution in [-0.2, 0) is 6.54 Å². The van der Waals surface area contributed by atoms with Gasteiger partial charge in [0.1, 0.15) is 11.6 Å². The van der Waals surface area contributed by atoms with Crippen molar-refractivity contribution >= 4 is 40.3 Å². The number of benzene rings is 2. The van der Waals surface area contributed by atoms with Gasteiger partial charge in [0.2, 0.25) is 0 Å². The Morgan fingerprint density at radius 2 is 1.52 bits per heavy atom. The van der Waals surface area contributed by atoms with E-state index in [-0.39, 0.29) is 16.6 Å². The molecule has 2 aromatic rings. The van der Waals surface area contributed by atoms with Gasteiger partial charge in [0.05, 0.1) is 5.69 Å². The van der Waals surface area contributed by atoms with Crippen molar-refractivity contribution in [3.8, 4) is 0 Å². The molecule has 0 aromatic heterocycles. The van der Waals surface area contributed by atoms with Crippen LogP contribution in [0.5, 0.6) is 0 Å². The van der Waals surface area contributed by atoms with Gasteiger partial charge >= 0.3 is 0 Å². The van der Waals surface area contributed by atoms with Crippen molar-refractivity contribution in [1.29, 1.82) is 0 Å². The highest BCUT2D eigenvalue weighted by atomic mass is 32.1. The minimum atomic E-state index is -0.409. The SMILES string of the molecule is Fc1ccc(CNC(=S)NNC(=S)Nc2ccccc2F)cc1. The van der Waals surface area contributed by atoms with Crippen LogP contribution in [0.1, 0.15) is 5.56 Å². The second-order valence-corrected chi connectivity index (χ2v) is 5.31. The molecule has 0 saturated heterocycles. The zero-order valence-electron chi connectivity index (χ0n) is 11.9. The number of hydrazine groups is 1. The third-order valence-corrected chi connectivity index (χ3v) is 3.23. The molecule has 23 heavy (non-hydrogen) atoms. The molecule has 0 aliphatic carbocycles. The number of para-hydroxylation sites is 1. The molecular weight excluding hydrogens is 338 g/mol. The molecule has 0 atom stereocenters. The molecule has 0 saturated carbocycles. The van der Waals surface area contributed by atoms with Gasteiger partial charge in [-0.25, -0.2) is 8.78 Å². The number of rotatable bonds is 3. The third kappa shape index (κ3) is 5.76. The maximum atomic E-state index is 13.5. The molecule has 4 nitrogen and oxygen atoms in total. The molecule has 0 heterocycles. The zero-order valence-corrected chi connectivity index (χ0v) is 13.5. The summed E-state index contributed by atoms with van der Waals surface area (Å²) in [7, 11) is 0. The second-order valence-electron chi connectivity index (χ2n) is 4.49. The lowest BCUT2D eigenvalue weighted by Crippen LogP contribution is -2.48. The molecule has 2 aromatic carbocycles. The predicted octanol–water partition coefficient (Wildman–Crippen LogP) is 2.83. The summed E-state index contributed by atoms with van der Waals surface area (Å²) in [6, 6.07) is 12.2. The van der Waals surface area contributed by atoms with Crippen molar-refractivity contribution < 1.29 is 8.78 Å². The lowest BCUT2D eigenvalue weighted by Gasteiger charge is -2.14. The Labute approximate surface area is 143 Å². The summed E-state index contributed by atoms with van der Waals surface area (Å²) < 4.78 is 26.2. The van der Waals surface area contributed by atoms with Crippen LogP contribution in [0, 0.1) is 11.6 Å². The Bertz CT molecular complexity index is 692. The number of anilines is 1. The number of hydrogen-bond donors (Lipinski definition) is 4. The largest absolute Gasteiger partial charge is 0.357 e. The number of nitrogens with one attached hydrogen (secondary N) is 4. The van der Waals surface area contributed by atoms with Crippen molar-refractivity contribution in [3.05, 3.63) is 65.7 Å². The van der Waals surface area contributed by atoms with Gasteiger partial charge in [-0.3, -0.25) is 10.9 Å². The second kappa shape index (κ2) is 8.35. The van der Waals surface area contributed by atoms with Crippen LogP contribution in [-0.4, -0.2) is 10.2 Å². The van der Waals surface area contributed by atoms with E-state index in [1.54, 1.807) is 30.3 Å². The first-order valence-electron chi connectivity index (χ1n) is 6.64. The lowest BCUT2D eigenvalue weighted by atomic mass is 10.2. The van der Waals surface area contributed by atoms with Gasteiger partial charge in [-0.2, -0.15) is 0 Å². The smallest absolute Gasteiger partial charge is 0.189 e. The Morgan fingerprint density at radius 1 is 0.870 bits per heavy atom. The van der Waals surface area contributed by atoms with Crippen molar-refractivity contribution in [1.82, 2.24) is 16.2 Å². The Hall–Kier alpha value is -2.32. The van der Waals surface area contributed by atoms with Crippen molar-refractivity contribution in [2.45, 2.75) is 6.54 Å². The fraction of sp³-hybridized carbons (Fsp3) is 0.0667.